The van der Waals surface area contributed by atoms with E-state index in [1.54, 1.807) is 0 Å². The summed E-state index contributed by atoms with van der Waals surface area (Å²) in [5.74, 6) is 1.36. The minimum atomic E-state index is 0.1000. The van der Waals surface area contributed by atoms with Crippen LogP contribution in [0.4, 0.5) is 10.5 Å². The summed E-state index contributed by atoms with van der Waals surface area (Å²) in [5.41, 5.74) is 10.3. The van der Waals surface area contributed by atoms with Gasteiger partial charge in [-0.05, 0) is 72.8 Å². The van der Waals surface area contributed by atoms with Crippen molar-refractivity contribution in [1.82, 2.24) is 4.90 Å². The first-order valence-electron chi connectivity index (χ1n) is 11.2. The summed E-state index contributed by atoms with van der Waals surface area (Å²) >= 11 is 0. The van der Waals surface area contributed by atoms with Gasteiger partial charge in [0.2, 0.25) is 0 Å². The highest BCUT2D eigenvalue weighted by Gasteiger charge is 2.31. The largest absolute Gasteiger partial charge is 0.326 e. The van der Waals surface area contributed by atoms with Gasteiger partial charge in [0, 0.05) is 25.3 Å². The molecule has 1 heterocycles. The van der Waals surface area contributed by atoms with Crippen LogP contribution in [0.1, 0.15) is 36.8 Å². The summed E-state index contributed by atoms with van der Waals surface area (Å²) in [7, 11) is 0. The molecule has 0 spiro atoms. The number of nitrogens with zero attached hydrogens (tertiary/aromatic N) is 2. The highest BCUT2D eigenvalue weighted by molar-refractivity contribution is 5.94. The molecule has 2 N–H and O–H groups in total. The van der Waals surface area contributed by atoms with Crippen LogP contribution >= 0.6 is 0 Å². The maximum atomic E-state index is 13.2. The third kappa shape index (κ3) is 4.93. The molecule has 2 aliphatic rings. The number of urea groups is 1. The van der Waals surface area contributed by atoms with E-state index in [0.717, 1.165) is 29.3 Å². The van der Waals surface area contributed by atoms with Crippen LogP contribution in [0.2, 0.25) is 0 Å². The molecular formula is C26H33N3O. The lowest BCUT2D eigenvalue weighted by atomic mass is 9.79. The molecule has 158 valence electrons. The molecular weight excluding hydrogens is 370 g/mol. The van der Waals surface area contributed by atoms with Gasteiger partial charge in [0.25, 0.3) is 0 Å². The number of carbonyl (C=O) groups is 1. The summed E-state index contributed by atoms with van der Waals surface area (Å²) < 4.78 is 0. The molecule has 0 bridgehead atoms. The Bertz CT molecular complexity index is 871. The number of hydrogen-bond donors (Lipinski definition) is 1. The summed E-state index contributed by atoms with van der Waals surface area (Å²) in [5, 5.41) is 0. The molecule has 1 saturated carbocycles. The smallest absolute Gasteiger partial charge is 0.325 e. The lowest BCUT2D eigenvalue weighted by Crippen LogP contribution is -2.52. The van der Waals surface area contributed by atoms with E-state index in [0.29, 0.717) is 25.6 Å². The second-order valence-corrected chi connectivity index (χ2v) is 8.95. The third-order valence-electron chi connectivity index (χ3n) is 6.57. The van der Waals surface area contributed by atoms with Crippen LogP contribution in [0.3, 0.4) is 0 Å². The van der Waals surface area contributed by atoms with Crippen molar-refractivity contribution in [2.75, 3.05) is 24.5 Å². The number of hydrogen-bond acceptors (Lipinski definition) is 2. The van der Waals surface area contributed by atoms with Crippen molar-refractivity contribution in [3.63, 3.8) is 0 Å². The van der Waals surface area contributed by atoms with Crippen molar-refractivity contribution in [3.8, 4) is 0 Å². The van der Waals surface area contributed by atoms with Gasteiger partial charge in [-0.3, -0.25) is 4.90 Å². The quantitative estimate of drug-likeness (QED) is 0.691. The van der Waals surface area contributed by atoms with Gasteiger partial charge >= 0.3 is 6.03 Å². The lowest BCUT2D eigenvalue weighted by Gasteiger charge is -2.40. The van der Waals surface area contributed by atoms with Crippen LogP contribution in [0.5, 0.6) is 0 Å². The Morgan fingerprint density at radius 2 is 1.60 bits per heavy atom. The fourth-order valence-corrected chi connectivity index (χ4v) is 4.92. The SMILES string of the molecule is C=C1CN(CC2CCC(Cc3ccccc3)CC2)C(=O)N(c2cccc(CN)c2)C1. The van der Waals surface area contributed by atoms with Gasteiger partial charge in [-0.15, -0.1) is 0 Å². The number of amides is 2. The average Bonchev–Trinajstić information content (AvgIpc) is 2.78. The topological polar surface area (TPSA) is 49.6 Å². The van der Waals surface area contributed by atoms with Crippen molar-refractivity contribution < 1.29 is 4.79 Å². The van der Waals surface area contributed by atoms with Crippen molar-refractivity contribution in [2.24, 2.45) is 17.6 Å². The predicted molar refractivity (Wildman–Crippen MR) is 123 cm³/mol. The van der Waals surface area contributed by atoms with E-state index in [-0.39, 0.29) is 6.03 Å². The van der Waals surface area contributed by atoms with Gasteiger partial charge in [-0.25, -0.2) is 4.79 Å². The van der Waals surface area contributed by atoms with Crippen molar-refractivity contribution >= 4 is 11.7 Å². The number of carbonyl (C=O) groups excluding carboxylic acids is 1. The molecule has 30 heavy (non-hydrogen) atoms. The molecule has 0 unspecified atom stereocenters. The maximum Gasteiger partial charge on any atom is 0.325 e. The molecule has 0 atom stereocenters. The van der Waals surface area contributed by atoms with Gasteiger partial charge in [0.15, 0.2) is 0 Å². The molecule has 2 amide bonds. The number of rotatable bonds is 6. The second kappa shape index (κ2) is 9.48. The fraction of sp³-hybridized carbons (Fsp3) is 0.423. The number of benzene rings is 2. The Morgan fingerprint density at radius 3 is 2.33 bits per heavy atom. The Morgan fingerprint density at radius 1 is 0.900 bits per heavy atom. The zero-order valence-electron chi connectivity index (χ0n) is 17.8. The molecule has 1 aliphatic carbocycles. The van der Waals surface area contributed by atoms with E-state index in [1.807, 2.05) is 34.1 Å². The molecule has 0 aromatic heterocycles. The van der Waals surface area contributed by atoms with E-state index in [4.69, 9.17) is 5.73 Å². The zero-order valence-corrected chi connectivity index (χ0v) is 17.8. The average molecular weight is 404 g/mol. The summed E-state index contributed by atoms with van der Waals surface area (Å²) in [6.07, 6.45) is 6.10. The van der Waals surface area contributed by atoms with E-state index in [2.05, 4.69) is 36.9 Å². The molecule has 1 aliphatic heterocycles. The first kappa shape index (κ1) is 20.7. The molecule has 2 aromatic carbocycles. The van der Waals surface area contributed by atoms with E-state index in [9.17, 15) is 4.79 Å². The maximum absolute atomic E-state index is 13.2. The van der Waals surface area contributed by atoms with Gasteiger partial charge in [-0.1, -0.05) is 49.0 Å². The van der Waals surface area contributed by atoms with Crippen molar-refractivity contribution in [1.29, 1.82) is 0 Å². The molecule has 1 saturated heterocycles. The summed E-state index contributed by atoms with van der Waals surface area (Å²) in [6.45, 7) is 6.79. The van der Waals surface area contributed by atoms with Crippen LogP contribution in [0, 0.1) is 11.8 Å². The number of nitrogens with two attached hydrogens (primary N) is 1. The molecule has 4 nitrogen and oxygen atoms in total. The monoisotopic (exact) mass is 403 g/mol. The molecule has 2 fully saturated rings. The lowest BCUT2D eigenvalue weighted by molar-refractivity contribution is 0.175. The van der Waals surface area contributed by atoms with Crippen LogP contribution in [0.15, 0.2) is 66.7 Å². The van der Waals surface area contributed by atoms with Crippen LogP contribution in [-0.4, -0.2) is 30.6 Å². The van der Waals surface area contributed by atoms with Crippen molar-refractivity contribution in [3.05, 3.63) is 77.9 Å². The summed E-state index contributed by atoms with van der Waals surface area (Å²) in [6, 6.07) is 18.9. The van der Waals surface area contributed by atoms with Crippen LogP contribution in [-0.2, 0) is 13.0 Å². The third-order valence-corrected chi connectivity index (χ3v) is 6.57. The van der Waals surface area contributed by atoms with Gasteiger partial charge in [-0.2, -0.15) is 0 Å². The normalized spacial score (nSPS) is 22.4. The first-order valence-corrected chi connectivity index (χ1v) is 11.2. The van der Waals surface area contributed by atoms with E-state index < -0.39 is 0 Å². The Hall–Kier alpha value is -2.59. The molecule has 0 radical (unpaired) electrons. The Kier molecular flexibility index (Phi) is 6.53. The zero-order chi connectivity index (χ0) is 20.9. The standard InChI is InChI=1S/C26H33N3O/c1-20-17-28(26(30)29(18-20)25-9-5-8-24(15-25)16-27)19-23-12-10-22(11-13-23)14-21-6-3-2-4-7-21/h2-9,15,22-23H,1,10-14,16-19,27H2. The fourth-order valence-electron chi connectivity index (χ4n) is 4.92. The van der Waals surface area contributed by atoms with Crippen LogP contribution in [0.25, 0.3) is 0 Å². The van der Waals surface area contributed by atoms with E-state index in [1.165, 1.54) is 37.7 Å². The Balaban J connectivity index is 1.35. The highest BCUT2D eigenvalue weighted by Crippen LogP contribution is 2.33. The van der Waals surface area contributed by atoms with Gasteiger partial charge in [0.05, 0.1) is 6.54 Å². The second-order valence-electron chi connectivity index (χ2n) is 8.95. The van der Waals surface area contributed by atoms with Crippen LogP contribution < -0.4 is 10.6 Å². The van der Waals surface area contributed by atoms with Gasteiger partial charge in [0.1, 0.15) is 0 Å². The molecule has 2 aromatic rings. The minimum absolute atomic E-state index is 0.1000. The van der Waals surface area contributed by atoms with E-state index >= 15 is 0 Å². The molecule has 4 heteroatoms. The molecule has 4 rings (SSSR count). The predicted octanol–water partition coefficient (Wildman–Crippen LogP) is 4.99. The minimum Gasteiger partial charge on any atom is -0.326 e. The first-order chi connectivity index (χ1) is 14.6. The van der Waals surface area contributed by atoms with Crippen molar-refractivity contribution in [2.45, 2.75) is 38.6 Å². The van der Waals surface area contributed by atoms with Gasteiger partial charge < -0.3 is 10.6 Å². The highest BCUT2D eigenvalue weighted by atomic mass is 16.2. The summed E-state index contributed by atoms with van der Waals surface area (Å²) in [4.78, 5) is 17.1. The number of anilines is 1. The Labute approximate surface area is 180 Å².